The summed E-state index contributed by atoms with van der Waals surface area (Å²) in [6.07, 6.45) is 1.85. The van der Waals surface area contributed by atoms with Crippen molar-refractivity contribution in [2.24, 2.45) is 0 Å². The average Bonchev–Trinajstić information content (AvgIpc) is 2.24. The average molecular weight is 292 g/mol. The van der Waals surface area contributed by atoms with E-state index < -0.39 is 5.82 Å². The second-order valence-electron chi connectivity index (χ2n) is 3.68. The third-order valence-corrected chi connectivity index (χ3v) is 2.50. The fraction of sp³-hybridized carbons (Fsp3) is 0.455. The van der Waals surface area contributed by atoms with Crippen molar-refractivity contribution in [3.8, 4) is 11.5 Å². The van der Waals surface area contributed by atoms with E-state index in [9.17, 15) is 4.39 Å². The SMILES string of the molecule is Br.Oc1ccc(OC2CCNCC2)c(F)c1. The molecule has 1 aromatic rings. The van der Waals surface area contributed by atoms with Crippen molar-refractivity contribution in [3.63, 3.8) is 0 Å². The second-order valence-corrected chi connectivity index (χ2v) is 3.68. The van der Waals surface area contributed by atoms with Crippen LogP contribution in [0.3, 0.4) is 0 Å². The van der Waals surface area contributed by atoms with Gasteiger partial charge in [0.1, 0.15) is 11.9 Å². The molecule has 0 amide bonds. The van der Waals surface area contributed by atoms with E-state index >= 15 is 0 Å². The number of phenolic OH excluding ortho intramolecular Hbond substituents is 1. The number of nitrogens with one attached hydrogen (secondary N) is 1. The summed E-state index contributed by atoms with van der Waals surface area (Å²) < 4.78 is 18.8. The smallest absolute Gasteiger partial charge is 0.168 e. The molecule has 3 nitrogen and oxygen atoms in total. The molecule has 1 fully saturated rings. The van der Waals surface area contributed by atoms with Gasteiger partial charge in [0.15, 0.2) is 11.6 Å². The van der Waals surface area contributed by atoms with Crippen LogP contribution in [-0.2, 0) is 0 Å². The third kappa shape index (κ3) is 3.35. The van der Waals surface area contributed by atoms with Crippen molar-refractivity contribution in [1.29, 1.82) is 0 Å². The van der Waals surface area contributed by atoms with Crippen LogP contribution < -0.4 is 10.1 Å². The number of rotatable bonds is 2. The Balaban J connectivity index is 0.00000128. The van der Waals surface area contributed by atoms with E-state index in [0.717, 1.165) is 32.0 Å². The molecule has 0 saturated carbocycles. The van der Waals surface area contributed by atoms with Crippen molar-refractivity contribution < 1.29 is 14.2 Å². The molecule has 0 radical (unpaired) electrons. The topological polar surface area (TPSA) is 41.5 Å². The van der Waals surface area contributed by atoms with E-state index in [1.165, 1.54) is 12.1 Å². The van der Waals surface area contributed by atoms with Crippen LogP contribution in [0.1, 0.15) is 12.8 Å². The molecule has 2 rings (SSSR count). The summed E-state index contributed by atoms with van der Waals surface area (Å²) in [6, 6.07) is 3.96. The highest BCUT2D eigenvalue weighted by molar-refractivity contribution is 8.93. The number of ether oxygens (including phenoxy) is 1. The van der Waals surface area contributed by atoms with E-state index in [1.54, 1.807) is 0 Å². The standard InChI is InChI=1S/C11H14FNO2.BrH/c12-10-7-8(14)1-2-11(10)15-9-3-5-13-6-4-9;/h1-2,7,9,13-14H,3-6H2;1H. The van der Waals surface area contributed by atoms with Gasteiger partial charge in [-0.15, -0.1) is 17.0 Å². The van der Waals surface area contributed by atoms with Gasteiger partial charge in [-0.25, -0.2) is 4.39 Å². The van der Waals surface area contributed by atoms with Gasteiger partial charge in [0.05, 0.1) is 0 Å². The van der Waals surface area contributed by atoms with E-state index in [0.29, 0.717) is 0 Å². The van der Waals surface area contributed by atoms with Crippen LogP contribution in [-0.4, -0.2) is 24.3 Å². The molecule has 1 aliphatic heterocycles. The Labute approximate surface area is 104 Å². The highest BCUT2D eigenvalue weighted by atomic mass is 79.9. The second kappa shape index (κ2) is 6.06. The Hall–Kier alpha value is -0.810. The summed E-state index contributed by atoms with van der Waals surface area (Å²) >= 11 is 0. The number of halogens is 2. The monoisotopic (exact) mass is 291 g/mol. The summed E-state index contributed by atoms with van der Waals surface area (Å²) in [7, 11) is 0. The molecule has 0 aliphatic carbocycles. The van der Waals surface area contributed by atoms with Crippen molar-refractivity contribution in [2.75, 3.05) is 13.1 Å². The summed E-state index contributed by atoms with van der Waals surface area (Å²) in [5.41, 5.74) is 0. The normalized spacial score (nSPS) is 16.6. The summed E-state index contributed by atoms with van der Waals surface area (Å²) in [5.74, 6) is -0.363. The molecule has 1 heterocycles. The summed E-state index contributed by atoms with van der Waals surface area (Å²) in [5, 5.41) is 12.2. The minimum Gasteiger partial charge on any atom is -0.508 e. The Morgan fingerprint density at radius 3 is 2.62 bits per heavy atom. The third-order valence-electron chi connectivity index (χ3n) is 2.50. The van der Waals surface area contributed by atoms with E-state index in [2.05, 4.69) is 5.32 Å². The van der Waals surface area contributed by atoms with Crippen LogP contribution in [0.5, 0.6) is 11.5 Å². The zero-order valence-corrected chi connectivity index (χ0v) is 10.5. The van der Waals surface area contributed by atoms with E-state index in [4.69, 9.17) is 9.84 Å². The minimum absolute atomic E-state index is 0. The Kier molecular flexibility index (Phi) is 5.02. The predicted molar refractivity (Wildman–Crippen MR) is 64.9 cm³/mol. The lowest BCUT2D eigenvalue weighted by molar-refractivity contribution is 0.155. The molecule has 0 bridgehead atoms. The van der Waals surface area contributed by atoms with Gasteiger partial charge in [-0.2, -0.15) is 0 Å². The van der Waals surface area contributed by atoms with E-state index in [1.807, 2.05) is 0 Å². The van der Waals surface area contributed by atoms with Crippen LogP contribution in [0.2, 0.25) is 0 Å². The van der Waals surface area contributed by atoms with Gasteiger partial charge in [0.25, 0.3) is 0 Å². The molecule has 0 atom stereocenters. The lowest BCUT2D eigenvalue weighted by Crippen LogP contribution is -2.34. The van der Waals surface area contributed by atoms with Crippen molar-refractivity contribution in [1.82, 2.24) is 5.32 Å². The molecule has 16 heavy (non-hydrogen) atoms. The zero-order chi connectivity index (χ0) is 10.7. The molecule has 1 aliphatic rings. The first-order chi connectivity index (χ1) is 7.25. The van der Waals surface area contributed by atoms with Crippen molar-refractivity contribution in [2.45, 2.75) is 18.9 Å². The quantitative estimate of drug-likeness (QED) is 0.878. The first kappa shape index (κ1) is 13.3. The van der Waals surface area contributed by atoms with Crippen molar-refractivity contribution in [3.05, 3.63) is 24.0 Å². The van der Waals surface area contributed by atoms with Crippen LogP contribution in [0.4, 0.5) is 4.39 Å². The lowest BCUT2D eigenvalue weighted by atomic mass is 10.1. The molecule has 5 heteroatoms. The predicted octanol–water partition coefficient (Wildman–Crippen LogP) is 2.24. The van der Waals surface area contributed by atoms with Crippen molar-refractivity contribution >= 4 is 17.0 Å². The van der Waals surface area contributed by atoms with Gasteiger partial charge in [-0.05, 0) is 38.1 Å². The fourth-order valence-electron chi connectivity index (χ4n) is 1.68. The first-order valence-corrected chi connectivity index (χ1v) is 5.11. The van der Waals surface area contributed by atoms with Gasteiger partial charge in [-0.1, -0.05) is 0 Å². The molecule has 1 saturated heterocycles. The number of benzene rings is 1. The summed E-state index contributed by atoms with van der Waals surface area (Å²) in [4.78, 5) is 0. The number of piperidine rings is 1. The maximum absolute atomic E-state index is 13.3. The van der Waals surface area contributed by atoms with Crippen LogP contribution in [0.25, 0.3) is 0 Å². The largest absolute Gasteiger partial charge is 0.508 e. The Morgan fingerprint density at radius 2 is 2.00 bits per heavy atom. The molecular formula is C11H15BrFNO2. The molecular weight excluding hydrogens is 277 g/mol. The zero-order valence-electron chi connectivity index (χ0n) is 8.78. The van der Waals surface area contributed by atoms with Crippen LogP contribution >= 0.6 is 17.0 Å². The molecule has 0 aromatic heterocycles. The molecule has 0 spiro atoms. The number of hydrogen-bond acceptors (Lipinski definition) is 3. The van der Waals surface area contributed by atoms with E-state index in [-0.39, 0.29) is 34.6 Å². The van der Waals surface area contributed by atoms with Gasteiger partial charge in [0.2, 0.25) is 0 Å². The highest BCUT2D eigenvalue weighted by Crippen LogP contribution is 2.24. The molecule has 90 valence electrons. The maximum Gasteiger partial charge on any atom is 0.168 e. The first-order valence-electron chi connectivity index (χ1n) is 5.11. The van der Waals surface area contributed by atoms with Gasteiger partial charge in [0, 0.05) is 6.07 Å². The summed E-state index contributed by atoms with van der Waals surface area (Å²) in [6.45, 7) is 1.81. The fourth-order valence-corrected chi connectivity index (χ4v) is 1.68. The number of phenols is 1. The lowest BCUT2D eigenvalue weighted by Gasteiger charge is -2.23. The molecule has 0 unspecified atom stereocenters. The number of aromatic hydroxyl groups is 1. The van der Waals surface area contributed by atoms with Gasteiger partial charge >= 0.3 is 0 Å². The van der Waals surface area contributed by atoms with Gasteiger partial charge in [-0.3, -0.25) is 0 Å². The Morgan fingerprint density at radius 1 is 1.31 bits per heavy atom. The number of hydrogen-bond donors (Lipinski definition) is 2. The van der Waals surface area contributed by atoms with Crippen LogP contribution in [0.15, 0.2) is 18.2 Å². The molecule has 1 aromatic carbocycles. The highest BCUT2D eigenvalue weighted by Gasteiger charge is 2.16. The van der Waals surface area contributed by atoms with Gasteiger partial charge < -0.3 is 15.2 Å². The maximum atomic E-state index is 13.3. The molecule has 2 N–H and O–H groups in total. The van der Waals surface area contributed by atoms with Crippen LogP contribution in [0, 0.1) is 5.82 Å². The Bertz CT molecular complexity index is 343. The minimum atomic E-state index is -0.506.